The molecule has 3 N–H and O–H groups in total. The molecule has 0 unspecified atom stereocenters. The van der Waals surface area contributed by atoms with Gasteiger partial charge in [0, 0.05) is 17.5 Å². The third-order valence-electron chi connectivity index (χ3n) is 3.19. The molecule has 3 nitrogen and oxygen atoms in total. The average Bonchev–Trinajstić information content (AvgIpc) is 2.63. The van der Waals surface area contributed by atoms with Gasteiger partial charge in [0.05, 0.1) is 0 Å². The van der Waals surface area contributed by atoms with Gasteiger partial charge < -0.3 is 15.5 Å². The van der Waals surface area contributed by atoms with Gasteiger partial charge in [0.15, 0.2) is 0 Å². The van der Waals surface area contributed by atoms with Crippen molar-refractivity contribution in [3.05, 3.63) is 23.7 Å². The molecule has 0 fully saturated rings. The van der Waals surface area contributed by atoms with Crippen LogP contribution >= 0.6 is 0 Å². The fraction of sp³-hybridized carbons (Fsp3) is 0.714. The maximum atomic E-state index is 5.71. The van der Waals surface area contributed by atoms with Crippen molar-refractivity contribution in [3.63, 3.8) is 0 Å². The molecule has 1 rings (SSSR count). The summed E-state index contributed by atoms with van der Waals surface area (Å²) in [5, 5.41) is 3.57. The molecule has 1 aromatic rings. The van der Waals surface area contributed by atoms with E-state index in [1.54, 1.807) is 0 Å². The van der Waals surface area contributed by atoms with Crippen molar-refractivity contribution >= 4 is 0 Å². The normalized spacial score (nSPS) is 13.1. The number of nitrogens with two attached hydrogens (primary N) is 1. The van der Waals surface area contributed by atoms with Gasteiger partial charge in [0.25, 0.3) is 0 Å². The summed E-state index contributed by atoms with van der Waals surface area (Å²) >= 11 is 0. The smallest absolute Gasteiger partial charge is 0.111 e. The molecule has 0 aliphatic rings. The Kier molecular flexibility index (Phi) is 4.39. The second kappa shape index (κ2) is 5.23. The first-order chi connectivity index (χ1) is 7.77. The first kappa shape index (κ1) is 14.3. The predicted molar refractivity (Wildman–Crippen MR) is 72.2 cm³/mol. The molecule has 0 atom stereocenters. The molecule has 0 spiro atoms. The minimum absolute atomic E-state index is 0.000128. The lowest BCUT2D eigenvalue weighted by Gasteiger charge is -2.31. The van der Waals surface area contributed by atoms with E-state index < -0.39 is 0 Å². The van der Waals surface area contributed by atoms with Crippen LogP contribution in [0, 0.1) is 6.92 Å². The van der Waals surface area contributed by atoms with Crippen LogP contribution in [0.3, 0.4) is 0 Å². The molecule has 98 valence electrons. The van der Waals surface area contributed by atoms with Gasteiger partial charge in [0.2, 0.25) is 0 Å². The van der Waals surface area contributed by atoms with E-state index >= 15 is 0 Å². The number of aryl methyl sites for hydroxylation is 1. The van der Waals surface area contributed by atoms with E-state index in [-0.39, 0.29) is 11.0 Å². The SMILES string of the molecule is Cc1ccc(C(C)(C)CNC(C)(C)CCN)o1. The fourth-order valence-electron chi connectivity index (χ4n) is 1.79. The quantitative estimate of drug-likeness (QED) is 0.801. The van der Waals surface area contributed by atoms with Gasteiger partial charge in [-0.1, -0.05) is 13.8 Å². The van der Waals surface area contributed by atoms with Crippen molar-refractivity contribution in [2.24, 2.45) is 5.73 Å². The molecule has 0 saturated heterocycles. The molecular formula is C14H26N2O. The number of rotatable bonds is 6. The lowest BCUT2D eigenvalue weighted by Crippen LogP contribution is -2.46. The second-order valence-corrected chi connectivity index (χ2v) is 6.07. The zero-order chi connectivity index (χ0) is 13.1. The first-order valence-corrected chi connectivity index (χ1v) is 6.29. The summed E-state index contributed by atoms with van der Waals surface area (Å²) < 4.78 is 5.71. The number of hydrogen-bond donors (Lipinski definition) is 2. The van der Waals surface area contributed by atoms with Gasteiger partial charge in [0.1, 0.15) is 11.5 Å². The van der Waals surface area contributed by atoms with Crippen LogP contribution in [0.25, 0.3) is 0 Å². The average molecular weight is 238 g/mol. The third kappa shape index (κ3) is 4.17. The van der Waals surface area contributed by atoms with Gasteiger partial charge in [-0.2, -0.15) is 0 Å². The molecule has 17 heavy (non-hydrogen) atoms. The van der Waals surface area contributed by atoms with Crippen LogP contribution in [0.5, 0.6) is 0 Å². The summed E-state index contributed by atoms with van der Waals surface area (Å²) in [5.74, 6) is 2.00. The maximum absolute atomic E-state index is 5.71. The standard InChI is InChI=1S/C14H26N2O/c1-11-6-7-12(17-11)13(2,3)10-16-14(4,5)8-9-15/h6-7,16H,8-10,15H2,1-5H3. The van der Waals surface area contributed by atoms with Gasteiger partial charge in [-0.3, -0.25) is 0 Å². The topological polar surface area (TPSA) is 51.2 Å². The van der Waals surface area contributed by atoms with Crippen LogP contribution in [-0.4, -0.2) is 18.6 Å². The largest absolute Gasteiger partial charge is 0.466 e. The Hall–Kier alpha value is -0.800. The summed E-state index contributed by atoms with van der Waals surface area (Å²) in [6, 6.07) is 4.08. The van der Waals surface area contributed by atoms with E-state index in [9.17, 15) is 0 Å². The monoisotopic (exact) mass is 238 g/mol. The van der Waals surface area contributed by atoms with Gasteiger partial charge in [-0.15, -0.1) is 0 Å². The van der Waals surface area contributed by atoms with Crippen LogP contribution in [0.15, 0.2) is 16.5 Å². The van der Waals surface area contributed by atoms with E-state index in [0.717, 1.165) is 24.5 Å². The summed E-state index contributed by atoms with van der Waals surface area (Å²) in [7, 11) is 0. The highest BCUT2D eigenvalue weighted by molar-refractivity contribution is 5.15. The van der Waals surface area contributed by atoms with Crippen molar-refractivity contribution < 1.29 is 4.42 Å². The van der Waals surface area contributed by atoms with E-state index in [1.165, 1.54) is 0 Å². The Balaban J connectivity index is 2.61. The number of furan rings is 1. The Bertz CT molecular complexity index is 353. The molecule has 0 bridgehead atoms. The Morgan fingerprint density at radius 2 is 1.88 bits per heavy atom. The van der Waals surface area contributed by atoms with Gasteiger partial charge in [-0.25, -0.2) is 0 Å². The van der Waals surface area contributed by atoms with E-state index in [4.69, 9.17) is 10.2 Å². The fourth-order valence-corrected chi connectivity index (χ4v) is 1.79. The predicted octanol–water partition coefficient (Wildman–Crippen LogP) is 2.58. The minimum atomic E-state index is 0.000128. The molecule has 0 aliphatic carbocycles. The van der Waals surface area contributed by atoms with E-state index in [1.807, 2.05) is 13.0 Å². The highest BCUT2D eigenvalue weighted by Gasteiger charge is 2.27. The minimum Gasteiger partial charge on any atom is -0.466 e. The van der Waals surface area contributed by atoms with Crippen molar-refractivity contribution in [1.82, 2.24) is 5.32 Å². The van der Waals surface area contributed by atoms with E-state index in [0.29, 0.717) is 6.54 Å². The molecule has 0 aromatic carbocycles. The van der Waals surface area contributed by atoms with Crippen LogP contribution in [0.1, 0.15) is 45.6 Å². The second-order valence-electron chi connectivity index (χ2n) is 6.07. The summed E-state index contributed by atoms with van der Waals surface area (Å²) in [4.78, 5) is 0. The van der Waals surface area contributed by atoms with Crippen molar-refractivity contribution in [2.45, 2.75) is 52.0 Å². The zero-order valence-electron chi connectivity index (χ0n) is 11.8. The van der Waals surface area contributed by atoms with Crippen molar-refractivity contribution in [3.8, 4) is 0 Å². The molecule has 0 radical (unpaired) electrons. The van der Waals surface area contributed by atoms with Crippen LogP contribution < -0.4 is 11.1 Å². The van der Waals surface area contributed by atoms with Gasteiger partial charge in [-0.05, 0) is 45.9 Å². The molecular weight excluding hydrogens is 212 g/mol. The molecule has 0 aliphatic heterocycles. The first-order valence-electron chi connectivity index (χ1n) is 6.29. The Morgan fingerprint density at radius 1 is 1.24 bits per heavy atom. The van der Waals surface area contributed by atoms with Crippen molar-refractivity contribution in [1.29, 1.82) is 0 Å². The molecule has 1 heterocycles. The lowest BCUT2D eigenvalue weighted by molar-refractivity contribution is 0.295. The summed E-state index contributed by atoms with van der Waals surface area (Å²) in [6.07, 6.45) is 0.972. The lowest BCUT2D eigenvalue weighted by atomic mass is 9.88. The van der Waals surface area contributed by atoms with Gasteiger partial charge >= 0.3 is 0 Å². The maximum Gasteiger partial charge on any atom is 0.111 e. The van der Waals surface area contributed by atoms with Crippen LogP contribution in [0.2, 0.25) is 0 Å². The van der Waals surface area contributed by atoms with Crippen molar-refractivity contribution in [2.75, 3.05) is 13.1 Å². The van der Waals surface area contributed by atoms with E-state index in [2.05, 4.69) is 39.1 Å². The molecule has 3 heteroatoms. The number of hydrogen-bond acceptors (Lipinski definition) is 3. The zero-order valence-corrected chi connectivity index (χ0v) is 11.8. The Labute approximate surface area is 105 Å². The van der Waals surface area contributed by atoms with Crippen LogP contribution in [0.4, 0.5) is 0 Å². The molecule has 0 amide bonds. The number of nitrogens with one attached hydrogen (secondary N) is 1. The molecule has 0 saturated carbocycles. The van der Waals surface area contributed by atoms with Crippen LogP contribution in [-0.2, 0) is 5.41 Å². The summed E-state index contributed by atoms with van der Waals surface area (Å²) in [5.41, 5.74) is 5.69. The highest BCUT2D eigenvalue weighted by atomic mass is 16.3. The molecule has 1 aromatic heterocycles. The highest BCUT2D eigenvalue weighted by Crippen LogP contribution is 2.25. The third-order valence-corrected chi connectivity index (χ3v) is 3.19. The Morgan fingerprint density at radius 3 is 2.35 bits per heavy atom. The summed E-state index contributed by atoms with van der Waals surface area (Å²) in [6.45, 7) is 12.3.